The SMILES string of the molecule is CC(C)CCCCC[NH+](CCCCCC(C)C)CCCCCC(C)C.CCCCCC(=O)[O-]. The molecule has 200 valence electrons. The molecule has 0 aromatic carbocycles. The van der Waals surface area contributed by atoms with E-state index in [1.54, 1.807) is 0 Å². The van der Waals surface area contributed by atoms with Crippen LogP contribution in [-0.4, -0.2) is 25.6 Å². The van der Waals surface area contributed by atoms with Crippen molar-refractivity contribution in [1.82, 2.24) is 0 Å². The van der Waals surface area contributed by atoms with Crippen LogP contribution in [0.3, 0.4) is 0 Å². The maximum absolute atomic E-state index is 9.76. The Morgan fingerprint density at radius 2 is 0.939 bits per heavy atom. The van der Waals surface area contributed by atoms with Gasteiger partial charge in [-0.1, -0.05) is 99.8 Å². The van der Waals surface area contributed by atoms with Gasteiger partial charge in [0.25, 0.3) is 0 Å². The lowest BCUT2D eigenvalue weighted by atomic mass is 10.0. The summed E-state index contributed by atoms with van der Waals surface area (Å²) < 4.78 is 0. The normalized spacial score (nSPS) is 11.5. The van der Waals surface area contributed by atoms with Crippen molar-refractivity contribution in [2.24, 2.45) is 17.8 Å². The number of nitrogens with one attached hydrogen (secondary N) is 1. The van der Waals surface area contributed by atoms with Crippen LogP contribution >= 0.6 is 0 Å². The van der Waals surface area contributed by atoms with Crippen molar-refractivity contribution in [2.45, 2.75) is 151 Å². The number of carboxylic acid groups (broad SMARTS) is 1. The van der Waals surface area contributed by atoms with Crippen molar-refractivity contribution in [2.75, 3.05) is 19.6 Å². The topological polar surface area (TPSA) is 44.6 Å². The molecule has 33 heavy (non-hydrogen) atoms. The van der Waals surface area contributed by atoms with Crippen LogP contribution in [0.15, 0.2) is 0 Å². The van der Waals surface area contributed by atoms with Gasteiger partial charge in [-0.15, -0.1) is 0 Å². The third kappa shape index (κ3) is 33.7. The van der Waals surface area contributed by atoms with Crippen LogP contribution in [0.25, 0.3) is 0 Å². The van der Waals surface area contributed by atoms with Gasteiger partial charge in [0.15, 0.2) is 0 Å². The Morgan fingerprint density at radius 3 is 1.21 bits per heavy atom. The summed E-state index contributed by atoms with van der Waals surface area (Å²) in [6, 6.07) is 0. The van der Waals surface area contributed by atoms with Crippen molar-refractivity contribution in [1.29, 1.82) is 0 Å². The quantitative estimate of drug-likeness (QED) is 0.176. The van der Waals surface area contributed by atoms with Crippen molar-refractivity contribution in [3.8, 4) is 0 Å². The molecule has 3 nitrogen and oxygen atoms in total. The van der Waals surface area contributed by atoms with Crippen LogP contribution in [-0.2, 0) is 4.79 Å². The Balaban J connectivity index is 0. The summed E-state index contributed by atoms with van der Waals surface area (Å²) in [4.78, 5) is 11.7. The molecule has 0 rings (SSSR count). The Kier molecular flexibility index (Phi) is 27.3. The van der Waals surface area contributed by atoms with Gasteiger partial charge in [-0.25, -0.2) is 0 Å². The van der Waals surface area contributed by atoms with E-state index in [9.17, 15) is 9.90 Å². The smallest absolute Gasteiger partial charge is 0.0770 e. The first kappa shape index (κ1) is 34.6. The third-order valence-electron chi connectivity index (χ3n) is 6.42. The van der Waals surface area contributed by atoms with Crippen molar-refractivity contribution in [3.05, 3.63) is 0 Å². The number of rotatable bonds is 22. The van der Waals surface area contributed by atoms with Gasteiger partial charge in [0.05, 0.1) is 19.6 Å². The summed E-state index contributed by atoms with van der Waals surface area (Å²) >= 11 is 0. The predicted molar refractivity (Wildman–Crippen MR) is 145 cm³/mol. The summed E-state index contributed by atoms with van der Waals surface area (Å²) in [5.41, 5.74) is 0. The molecule has 0 saturated carbocycles. The van der Waals surface area contributed by atoms with E-state index < -0.39 is 5.97 Å². The van der Waals surface area contributed by atoms with Crippen LogP contribution < -0.4 is 10.0 Å². The molecule has 0 aromatic heterocycles. The third-order valence-corrected chi connectivity index (χ3v) is 6.42. The fourth-order valence-corrected chi connectivity index (χ4v) is 4.21. The Labute approximate surface area is 209 Å². The number of quaternary nitrogens is 1. The van der Waals surface area contributed by atoms with Crippen LogP contribution in [0, 0.1) is 17.8 Å². The van der Waals surface area contributed by atoms with E-state index in [0.29, 0.717) is 0 Å². The summed E-state index contributed by atoms with van der Waals surface area (Å²) in [5, 5.41) is 9.76. The molecule has 0 amide bonds. The molecule has 0 unspecified atom stereocenters. The van der Waals surface area contributed by atoms with E-state index in [1.807, 2.05) is 11.8 Å². The molecule has 0 bridgehead atoms. The van der Waals surface area contributed by atoms with Crippen molar-refractivity contribution in [3.63, 3.8) is 0 Å². The standard InChI is InChI=1S/C24H51N.C6H12O2/c1-22(2)16-10-7-13-19-25(20-14-8-11-17-23(3)4)21-15-9-12-18-24(5)6;1-2-3-4-5-6(7)8/h22-24H,7-21H2,1-6H3;2-5H2,1H3,(H,7,8). The molecule has 0 aromatic rings. The summed E-state index contributed by atoms with van der Waals surface area (Å²) in [5.74, 6) is 1.71. The van der Waals surface area contributed by atoms with Crippen molar-refractivity contribution >= 4 is 5.97 Å². The minimum Gasteiger partial charge on any atom is -0.550 e. The van der Waals surface area contributed by atoms with Crippen molar-refractivity contribution < 1.29 is 14.8 Å². The molecule has 0 radical (unpaired) electrons. The molecule has 1 N–H and O–H groups in total. The molecule has 0 atom stereocenters. The van der Waals surface area contributed by atoms with Crippen LogP contribution in [0.2, 0.25) is 0 Å². The second-order valence-electron chi connectivity index (χ2n) is 11.6. The molecule has 0 aliphatic carbocycles. The fraction of sp³-hybridized carbons (Fsp3) is 0.967. The second-order valence-corrected chi connectivity index (χ2v) is 11.6. The number of aliphatic carboxylic acids is 1. The summed E-state index contributed by atoms with van der Waals surface area (Å²) in [6.45, 7) is 20.4. The highest BCUT2D eigenvalue weighted by Gasteiger charge is 2.08. The first-order valence-corrected chi connectivity index (χ1v) is 14.7. The highest BCUT2D eigenvalue weighted by molar-refractivity contribution is 5.63. The zero-order valence-corrected chi connectivity index (χ0v) is 24.0. The van der Waals surface area contributed by atoms with E-state index in [-0.39, 0.29) is 6.42 Å². The Morgan fingerprint density at radius 1 is 0.576 bits per heavy atom. The van der Waals surface area contributed by atoms with Crippen LogP contribution in [0.5, 0.6) is 0 Å². The molecule has 0 aliphatic rings. The molecule has 0 heterocycles. The highest BCUT2D eigenvalue weighted by atomic mass is 16.4. The van der Waals surface area contributed by atoms with E-state index in [0.717, 1.165) is 37.0 Å². The Bertz CT molecular complexity index is 350. The molecule has 3 heteroatoms. The van der Waals surface area contributed by atoms with E-state index in [1.165, 1.54) is 96.7 Å². The van der Waals surface area contributed by atoms with Gasteiger partial charge in [-0.2, -0.15) is 0 Å². The number of carboxylic acids is 1. The average Bonchev–Trinajstić information content (AvgIpc) is 2.72. The lowest BCUT2D eigenvalue weighted by Crippen LogP contribution is -3.12. The fourth-order valence-electron chi connectivity index (χ4n) is 4.21. The lowest BCUT2D eigenvalue weighted by Gasteiger charge is -2.20. The van der Waals surface area contributed by atoms with E-state index in [2.05, 4.69) is 41.5 Å². The van der Waals surface area contributed by atoms with Crippen LogP contribution in [0.1, 0.15) is 151 Å². The molecule has 0 spiro atoms. The number of carbonyl (C=O) groups excluding carboxylic acids is 1. The zero-order valence-electron chi connectivity index (χ0n) is 24.0. The molecular weight excluding hydrogens is 406 g/mol. The van der Waals surface area contributed by atoms with Crippen LogP contribution in [0.4, 0.5) is 0 Å². The number of hydrogen-bond acceptors (Lipinski definition) is 2. The molecule has 0 saturated heterocycles. The van der Waals surface area contributed by atoms with Gasteiger partial charge in [0.1, 0.15) is 0 Å². The highest BCUT2D eigenvalue weighted by Crippen LogP contribution is 2.09. The number of carbonyl (C=O) groups is 1. The van der Waals surface area contributed by atoms with Gasteiger partial charge >= 0.3 is 0 Å². The maximum atomic E-state index is 9.76. The van der Waals surface area contributed by atoms with Gasteiger partial charge in [0, 0.05) is 5.97 Å². The zero-order chi connectivity index (χ0) is 25.3. The van der Waals surface area contributed by atoms with Gasteiger partial charge in [-0.05, 0) is 69.1 Å². The molecule has 0 aliphatic heterocycles. The second kappa shape index (κ2) is 26.0. The monoisotopic (exact) mass is 469 g/mol. The van der Waals surface area contributed by atoms with Gasteiger partial charge in [-0.3, -0.25) is 0 Å². The maximum Gasteiger partial charge on any atom is 0.0770 e. The van der Waals surface area contributed by atoms with Gasteiger partial charge in [0.2, 0.25) is 0 Å². The number of hydrogen-bond donors (Lipinski definition) is 1. The first-order valence-electron chi connectivity index (χ1n) is 14.7. The minimum absolute atomic E-state index is 0.216. The largest absolute Gasteiger partial charge is 0.550 e. The number of unbranched alkanes of at least 4 members (excludes halogenated alkanes) is 8. The predicted octanol–water partition coefficient (Wildman–Crippen LogP) is 6.84. The van der Waals surface area contributed by atoms with E-state index >= 15 is 0 Å². The molecular formula is C30H63NO2. The Hall–Kier alpha value is -0.570. The average molecular weight is 470 g/mol. The van der Waals surface area contributed by atoms with E-state index in [4.69, 9.17) is 0 Å². The lowest BCUT2D eigenvalue weighted by molar-refractivity contribution is -0.900. The van der Waals surface area contributed by atoms with Gasteiger partial charge < -0.3 is 14.8 Å². The first-order chi connectivity index (χ1) is 15.7. The summed E-state index contributed by atoms with van der Waals surface area (Å²) in [6.07, 6.45) is 20.3. The molecule has 0 fully saturated rings. The summed E-state index contributed by atoms with van der Waals surface area (Å²) in [7, 11) is 0. The minimum atomic E-state index is -0.932.